The van der Waals surface area contributed by atoms with Crippen LogP contribution in [0.2, 0.25) is 0 Å². The van der Waals surface area contributed by atoms with E-state index in [0.717, 1.165) is 0 Å². The average molecular weight is 396 g/mol. The molecule has 2 aromatic carbocycles. The Bertz CT molecular complexity index is 983. The number of likely N-dealkylation sites (tertiary alicyclic amines) is 1. The molecule has 7 nitrogen and oxygen atoms in total. The summed E-state index contributed by atoms with van der Waals surface area (Å²) < 4.78 is 18.7. The zero-order valence-electron chi connectivity index (χ0n) is 15.9. The third-order valence-corrected chi connectivity index (χ3v) is 5.18. The molecule has 1 spiro atoms. The van der Waals surface area contributed by atoms with E-state index in [0.29, 0.717) is 42.9 Å². The Balaban J connectivity index is 1.42. The Morgan fingerprint density at radius 2 is 1.97 bits per heavy atom. The first kappa shape index (κ1) is 18.9. The van der Waals surface area contributed by atoms with E-state index in [1.165, 1.54) is 12.1 Å². The largest absolute Gasteiger partial charge is 0.497 e. The fourth-order valence-corrected chi connectivity index (χ4v) is 3.61. The van der Waals surface area contributed by atoms with Crippen molar-refractivity contribution in [1.82, 2.24) is 10.2 Å². The van der Waals surface area contributed by atoms with Crippen molar-refractivity contribution < 1.29 is 18.7 Å². The molecule has 0 unspecified atom stereocenters. The highest BCUT2D eigenvalue weighted by atomic mass is 19.1. The highest BCUT2D eigenvalue weighted by Gasteiger charge is 2.42. The van der Waals surface area contributed by atoms with Crippen LogP contribution in [-0.4, -0.2) is 48.4 Å². The van der Waals surface area contributed by atoms with Crippen molar-refractivity contribution in [3.63, 3.8) is 0 Å². The second-order valence-electron chi connectivity index (χ2n) is 7.11. The molecule has 29 heavy (non-hydrogen) atoms. The molecule has 2 heterocycles. The second-order valence-corrected chi connectivity index (χ2v) is 7.11. The lowest BCUT2D eigenvalue weighted by atomic mass is 9.98. The van der Waals surface area contributed by atoms with Crippen molar-refractivity contribution in [2.75, 3.05) is 25.5 Å². The number of amides is 3. The highest BCUT2D eigenvalue weighted by molar-refractivity contribution is 6.46. The van der Waals surface area contributed by atoms with Gasteiger partial charge >= 0.3 is 6.03 Å². The van der Waals surface area contributed by atoms with Crippen LogP contribution in [0, 0.1) is 5.82 Å². The first-order valence-electron chi connectivity index (χ1n) is 9.36. The minimum atomic E-state index is -0.745. The number of urea groups is 1. The molecule has 0 bridgehead atoms. The van der Waals surface area contributed by atoms with Gasteiger partial charge in [-0.2, -0.15) is 0 Å². The third-order valence-electron chi connectivity index (χ3n) is 5.18. The van der Waals surface area contributed by atoms with Crippen LogP contribution < -0.4 is 15.4 Å². The molecule has 0 atom stereocenters. The SMILES string of the molecule is COc1cccc(NC(=O)N2CCC3(CC2)N=C(c2cccc(F)c2)C(=O)N3)c1. The monoisotopic (exact) mass is 396 g/mol. The van der Waals surface area contributed by atoms with E-state index in [-0.39, 0.29) is 17.6 Å². The normalized spacial score (nSPS) is 17.7. The Kier molecular flexibility index (Phi) is 4.92. The number of aliphatic imine (C=N–C) groups is 1. The van der Waals surface area contributed by atoms with E-state index in [9.17, 15) is 14.0 Å². The van der Waals surface area contributed by atoms with E-state index < -0.39 is 11.5 Å². The molecular weight excluding hydrogens is 375 g/mol. The molecule has 4 rings (SSSR count). The molecule has 0 aromatic heterocycles. The maximum absolute atomic E-state index is 13.5. The summed E-state index contributed by atoms with van der Waals surface area (Å²) in [6, 6.07) is 12.8. The van der Waals surface area contributed by atoms with Crippen LogP contribution in [0.15, 0.2) is 53.5 Å². The van der Waals surface area contributed by atoms with Gasteiger partial charge in [-0.15, -0.1) is 0 Å². The van der Waals surface area contributed by atoms with Gasteiger partial charge in [0.15, 0.2) is 0 Å². The number of nitrogens with zero attached hydrogens (tertiary/aromatic N) is 2. The fourth-order valence-electron chi connectivity index (χ4n) is 3.61. The van der Waals surface area contributed by atoms with E-state index in [1.54, 1.807) is 48.4 Å². The molecule has 0 saturated carbocycles. The third kappa shape index (κ3) is 3.91. The van der Waals surface area contributed by atoms with Gasteiger partial charge in [0.25, 0.3) is 5.91 Å². The van der Waals surface area contributed by atoms with E-state index in [4.69, 9.17) is 4.74 Å². The number of ether oxygens (including phenoxy) is 1. The predicted molar refractivity (Wildman–Crippen MR) is 107 cm³/mol. The average Bonchev–Trinajstić information content (AvgIpc) is 3.04. The lowest BCUT2D eigenvalue weighted by molar-refractivity contribution is -0.115. The molecule has 8 heteroatoms. The van der Waals surface area contributed by atoms with Crippen LogP contribution in [0.3, 0.4) is 0 Å². The second kappa shape index (κ2) is 7.54. The van der Waals surface area contributed by atoms with Crippen LogP contribution >= 0.6 is 0 Å². The summed E-state index contributed by atoms with van der Waals surface area (Å²) in [5.41, 5.74) is 0.595. The summed E-state index contributed by atoms with van der Waals surface area (Å²) in [6.07, 6.45) is 0.978. The van der Waals surface area contributed by atoms with Crippen molar-refractivity contribution in [2.45, 2.75) is 18.5 Å². The van der Waals surface area contributed by atoms with E-state index >= 15 is 0 Å². The van der Waals surface area contributed by atoms with E-state index in [1.807, 2.05) is 0 Å². The van der Waals surface area contributed by atoms with Gasteiger partial charge in [0.1, 0.15) is 22.9 Å². The summed E-state index contributed by atoms with van der Waals surface area (Å²) >= 11 is 0. The Labute approximate surface area is 167 Å². The zero-order valence-corrected chi connectivity index (χ0v) is 15.9. The topological polar surface area (TPSA) is 83.0 Å². The predicted octanol–water partition coefficient (Wildman–Crippen LogP) is 2.78. The van der Waals surface area contributed by atoms with Crippen LogP contribution in [0.25, 0.3) is 0 Å². The standard InChI is InChI=1S/C21H21FN4O3/c1-29-17-7-3-6-16(13-17)23-20(28)26-10-8-21(9-11-26)24-18(19(27)25-21)14-4-2-5-15(22)12-14/h2-7,12-13H,8-11H2,1H3,(H,23,28)(H,25,27). The molecule has 0 radical (unpaired) electrons. The van der Waals surface area contributed by atoms with Gasteiger partial charge in [-0.25, -0.2) is 9.18 Å². The molecule has 3 amide bonds. The molecular formula is C21H21FN4O3. The van der Waals surface area contributed by atoms with Crippen LogP contribution in [0.5, 0.6) is 5.75 Å². The van der Waals surface area contributed by atoms with Gasteiger partial charge in [-0.1, -0.05) is 18.2 Å². The van der Waals surface area contributed by atoms with Crippen molar-refractivity contribution in [3.8, 4) is 5.75 Å². The number of hydrogen-bond acceptors (Lipinski definition) is 4. The maximum Gasteiger partial charge on any atom is 0.321 e. The van der Waals surface area contributed by atoms with Gasteiger partial charge in [0.05, 0.1) is 7.11 Å². The first-order chi connectivity index (χ1) is 14.0. The molecule has 0 aliphatic carbocycles. The number of hydrogen-bond donors (Lipinski definition) is 2. The van der Waals surface area contributed by atoms with E-state index in [2.05, 4.69) is 15.6 Å². The Hall–Kier alpha value is -3.42. The highest BCUT2D eigenvalue weighted by Crippen LogP contribution is 2.29. The number of nitrogens with one attached hydrogen (secondary N) is 2. The number of carbonyl (C=O) groups is 2. The lowest BCUT2D eigenvalue weighted by Gasteiger charge is -2.37. The minimum Gasteiger partial charge on any atom is -0.497 e. The molecule has 1 saturated heterocycles. The van der Waals surface area contributed by atoms with Gasteiger partial charge in [-0.05, 0) is 24.3 Å². The number of carbonyl (C=O) groups excluding carboxylic acids is 2. The van der Waals surface area contributed by atoms with Crippen LogP contribution in [0.4, 0.5) is 14.9 Å². The van der Waals surface area contributed by atoms with Crippen molar-refractivity contribution in [2.24, 2.45) is 4.99 Å². The zero-order chi connectivity index (χ0) is 20.4. The number of rotatable bonds is 3. The first-order valence-corrected chi connectivity index (χ1v) is 9.36. The molecule has 2 aliphatic rings. The summed E-state index contributed by atoms with van der Waals surface area (Å²) in [5.74, 6) is -0.0684. The molecule has 2 aliphatic heterocycles. The number of methoxy groups -OCH3 is 1. The van der Waals surface area contributed by atoms with Crippen LogP contribution in [0.1, 0.15) is 18.4 Å². The van der Waals surface area contributed by atoms with Crippen LogP contribution in [-0.2, 0) is 4.79 Å². The van der Waals surface area contributed by atoms with Gasteiger partial charge in [0, 0.05) is 43.2 Å². The van der Waals surface area contributed by atoms with Crippen molar-refractivity contribution in [3.05, 3.63) is 59.9 Å². The molecule has 150 valence electrons. The van der Waals surface area contributed by atoms with Gasteiger partial charge in [-0.3, -0.25) is 9.79 Å². The minimum absolute atomic E-state index is 0.216. The molecule has 1 fully saturated rings. The Morgan fingerprint density at radius 1 is 1.21 bits per heavy atom. The summed E-state index contributed by atoms with van der Waals surface area (Å²) in [6.45, 7) is 0.881. The number of anilines is 1. The smallest absolute Gasteiger partial charge is 0.321 e. The van der Waals surface area contributed by atoms with Crippen molar-refractivity contribution in [1.29, 1.82) is 0 Å². The maximum atomic E-state index is 13.5. The Morgan fingerprint density at radius 3 is 2.69 bits per heavy atom. The molecule has 2 N–H and O–H groups in total. The van der Waals surface area contributed by atoms with Gasteiger partial charge < -0.3 is 20.3 Å². The van der Waals surface area contributed by atoms with Gasteiger partial charge in [0.2, 0.25) is 0 Å². The number of piperidine rings is 1. The number of benzene rings is 2. The number of halogens is 1. The summed E-state index contributed by atoms with van der Waals surface area (Å²) in [5, 5.41) is 5.78. The molecule has 2 aromatic rings. The lowest BCUT2D eigenvalue weighted by Crippen LogP contribution is -2.53. The summed E-state index contributed by atoms with van der Waals surface area (Å²) in [7, 11) is 1.57. The quantitative estimate of drug-likeness (QED) is 0.837. The summed E-state index contributed by atoms with van der Waals surface area (Å²) in [4.78, 5) is 31.2. The fraction of sp³-hybridized carbons (Fsp3) is 0.286. The van der Waals surface area contributed by atoms with Crippen molar-refractivity contribution >= 4 is 23.3 Å².